The van der Waals surface area contributed by atoms with E-state index in [-0.39, 0.29) is 11.8 Å². The van der Waals surface area contributed by atoms with Crippen LogP contribution < -0.4 is 10.1 Å². The van der Waals surface area contributed by atoms with Gasteiger partial charge in [-0.15, -0.1) is 0 Å². The van der Waals surface area contributed by atoms with Crippen molar-refractivity contribution in [3.63, 3.8) is 0 Å². The summed E-state index contributed by atoms with van der Waals surface area (Å²) in [6, 6.07) is 16.6. The Morgan fingerprint density at radius 3 is 2.52 bits per heavy atom. The molecule has 1 fully saturated rings. The van der Waals surface area contributed by atoms with Crippen LogP contribution >= 0.6 is 0 Å². The zero-order valence-electron chi connectivity index (χ0n) is 16.4. The Labute approximate surface area is 162 Å². The van der Waals surface area contributed by atoms with Crippen LogP contribution in [-0.4, -0.2) is 37.0 Å². The molecule has 144 valence electrons. The number of benzene rings is 2. The van der Waals surface area contributed by atoms with Crippen LogP contribution in [0.15, 0.2) is 48.5 Å². The van der Waals surface area contributed by atoms with Gasteiger partial charge in [0.05, 0.1) is 6.54 Å². The van der Waals surface area contributed by atoms with Crippen molar-refractivity contribution < 1.29 is 9.53 Å². The number of carbonyl (C=O) groups excluding carboxylic acids is 1. The molecule has 0 aromatic heterocycles. The summed E-state index contributed by atoms with van der Waals surface area (Å²) < 4.78 is 5.74. The molecule has 0 atom stereocenters. The zero-order valence-corrected chi connectivity index (χ0v) is 16.4. The van der Waals surface area contributed by atoms with Gasteiger partial charge in [-0.1, -0.05) is 36.4 Å². The summed E-state index contributed by atoms with van der Waals surface area (Å²) in [6.07, 6.45) is 1.85. The smallest absolute Gasteiger partial charge is 0.223 e. The molecular formula is C23H30N2O2. The minimum Gasteiger partial charge on any atom is -0.492 e. The second-order valence-corrected chi connectivity index (χ2v) is 7.42. The van der Waals surface area contributed by atoms with Crippen LogP contribution in [0.25, 0.3) is 0 Å². The molecule has 4 nitrogen and oxygen atoms in total. The van der Waals surface area contributed by atoms with Crippen molar-refractivity contribution in [2.24, 2.45) is 5.92 Å². The van der Waals surface area contributed by atoms with Gasteiger partial charge in [-0.05, 0) is 68.6 Å². The van der Waals surface area contributed by atoms with Gasteiger partial charge in [-0.2, -0.15) is 0 Å². The van der Waals surface area contributed by atoms with E-state index in [1.807, 2.05) is 18.2 Å². The van der Waals surface area contributed by atoms with E-state index in [0.717, 1.165) is 38.2 Å². The Morgan fingerprint density at radius 1 is 1.07 bits per heavy atom. The van der Waals surface area contributed by atoms with Crippen LogP contribution in [0, 0.1) is 19.8 Å². The molecule has 2 aromatic rings. The van der Waals surface area contributed by atoms with Crippen molar-refractivity contribution in [2.75, 3.05) is 26.2 Å². The third-order valence-corrected chi connectivity index (χ3v) is 5.36. The Balaban J connectivity index is 1.34. The molecule has 27 heavy (non-hydrogen) atoms. The van der Waals surface area contributed by atoms with E-state index in [9.17, 15) is 4.79 Å². The third-order valence-electron chi connectivity index (χ3n) is 5.36. The average Bonchev–Trinajstić information content (AvgIpc) is 2.69. The van der Waals surface area contributed by atoms with Crippen LogP contribution in [0.2, 0.25) is 0 Å². The van der Waals surface area contributed by atoms with Gasteiger partial charge in [0, 0.05) is 12.5 Å². The fourth-order valence-corrected chi connectivity index (χ4v) is 3.49. The second-order valence-electron chi connectivity index (χ2n) is 7.42. The molecule has 0 aliphatic carbocycles. The first-order chi connectivity index (χ1) is 13.1. The highest BCUT2D eigenvalue weighted by molar-refractivity contribution is 5.78. The number of aryl methyl sites for hydroxylation is 2. The maximum absolute atomic E-state index is 12.4. The Kier molecular flexibility index (Phi) is 6.88. The van der Waals surface area contributed by atoms with E-state index in [1.165, 1.54) is 16.7 Å². The molecule has 0 bridgehead atoms. The van der Waals surface area contributed by atoms with Crippen LogP contribution in [0.3, 0.4) is 0 Å². The average molecular weight is 367 g/mol. The number of hydrogen-bond acceptors (Lipinski definition) is 3. The van der Waals surface area contributed by atoms with Crippen LogP contribution in [-0.2, 0) is 11.3 Å². The molecule has 0 unspecified atom stereocenters. The highest BCUT2D eigenvalue weighted by Crippen LogP contribution is 2.19. The van der Waals surface area contributed by atoms with Gasteiger partial charge < -0.3 is 10.1 Å². The summed E-state index contributed by atoms with van der Waals surface area (Å²) in [5.74, 6) is 1.15. The van der Waals surface area contributed by atoms with Crippen molar-refractivity contribution in [3.8, 4) is 5.75 Å². The number of piperidine rings is 1. The molecule has 1 aliphatic heterocycles. The van der Waals surface area contributed by atoms with Crippen molar-refractivity contribution in [2.45, 2.75) is 33.2 Å². The normalized spacial score (nSPS) is 15.5. The van der Waals surface area contributed by atoms with Gasteiger partial charge in [0.2, 0.25) is 5.91 Å². The lowest BCUT2D eigenvalue weighted by Crippen LogP contribution is -2.41. The van der Waals surface area contributed by atoms with Gasteiger partial charge in [0.1, 0.15) is 12.4 Å². The number of rotatable bonds is 7. The minimum absolute atomic E-state index is 0.124. The predicted molar refractivity (Wildman–Crippen MR) is 109 cm³/mol. The highest BCUT2D eigenvalue weighted by atomic mass is 16.5. The van der Waals surface area contributed by atoms with Gasteiger partial charge in [-0.3, -0.25) is 9.69 Å². The molecule has 3 rings (SSSR count). The number of carbonyl (C=O) groups is 1. The summed E-state index contributed by atoms with van der Waals surface area (Å²) in [4.78, 5) is 14.8. The van der Waals surface area contributed by atoms with E-state index in [1.54, 1.807) is 0 Å². The largest absolute Gasteiger partial charge is 0.492 e. The van der Waals surface area contributed by atoms with Gasteiger partial charge >= 0.3 is 0 Å². The van der Waals surface area contributed by atoms with E-state index >= 15 is 0 Å². The Morgan fingerprint density at radius 2 is 1.81 bits per heavy atom. The van der Waals surface area contributed by atoms with E-state index in [0.29, 0.717) is 13.2 Å². The quantitative estimate of drug-likeness (QED) is 0.760. The molecule has 1 saturated heterocycles. The molecule has 1 amide bonds. The van der Waals surface area contributed by atoms with Crippen molar-refractivity contribution >= 4 is 5.91 Å². The standard InChI is InChI=1S/C23H30N2O2/c1-18-8-9-22(16-19(18)2)27-15-12-24-23(26)21-10-13-25(14-11-21)17-20-6-4-3-5-7-20/h3-9,16,21H,10-15,17H2,1-2H3,(H,24,26). The summed E-state index contributed by atoms with van der Waals surface area (Å²) in [6.45, 7) is 8.15. The van der Waals surface area contributed by atoms with E-state index in [2.05, 4.69) is 54.4 Å². The lowest BCUT2D eigenvalue weighted by Gasteiger charge is -2.31. The highest BCUT2D eigenvalue weighted by Gasteiger charge is 2.24. The second kappa shape index (κ2) is 9.56. The predicted octanol–water partition coefficient (Wildman–Crippen LogP) is 3.71. The van der Waals surface area contributed by atoms with Gasteiger partial charge in [-0.25, -0.2) is 0 Å². The van der Waals surface area contributed by atoms with Crippen LogP contribution in [0.5, 0.6) is 5.75 Å². The third kappa shape index (κ3) is 5.83. The first-order valence-corrected chi connectivity index (χ1v) is 9.86. The summed E-state index contributed by atoms with van der Waals surface area (Å²) >= 11 is 0. The molecule has 4 heteroatoms. The summed E-state index contributed by atoms with van der Waals surface area (Å²) in [5, 5.41) is 3.03. The number of hydrogen-bond donors (Lipinski definition) is 1. The summed E-state index contributed by atoms with van der Waals surface area (Å²) in [5.41, 5.74) is 3.82. The number of amides is 1. The number of ether oxygens (including phenoxy) is 1. The Hall–Kier alpha value is -2.33. The lowest BCUT2D eigenvalue weighted by molar-refractivity contribution is -0.126. The fraction of sp³-hybridized carbons (Fsp3) is 0.435. The van der Waals surface area contributed by atoms with E-state index < -0.39 is 0 Å². The van der Waals surface area contributed by atoms with Crippen LogP contribution in [0.1, 0.15) is 29.5 Å². The molecule has 1 heterocycles. The van der Waals surface area contributed by atoms with Crippen molar-refractivity contribution in [1.82, 2.24) is 10.2 Å². The first kappa shape index (κ1) is 19.4. The molecule has 0 radical (unpaired) electrons. The maximum Gasteiger partial charge on any atom is 0.223 e. The minimum atomic E-state index is 0.124. The van der Waals surface area contributed by atoms with Gasteiger partial charge in [0.15, 0.2) is 0 Å². The van der Waals surface area contributed by atoms with Crippen molar-refractivity contribution in [1.29, 1.82) is 0 Å². The van der Waals surface area contributed by atoms with Gasteiger partial charge in [0.25, 0.3) is 0 Å². The topological polar surface area (TPSA) is 41.6 Å². The summed E-state index contributed by atoms with van der Waals surface area (Å²) in [7, 11) is 0. The monoisotopic (exact) mass is 366 g/mol. The SMILES string of the molecule is Cc1ccc(OCCNC(=O)C2CCN(Cc3ccccc3)CC2)cc1C. The number of nitrogens with zero attached hydrogens (tertiary/aromatic N) is 1. The molecule has 2 aromatic carbocycles. The zero-order chi connectivity index (χ0) is 19.1. The number of nitrogens with one attached hydrogen (secondary N) is 1. The maximum atomic E-state index is 12.4. The molecule has 1 aliphatic rings. The molecule has 0 spiro atoms. The number of likely N-dealkylation sites (tertiary alicyclic amines) is 1. The Bertz CT molecular complexity index is 737. The molecule has 1 N–H and O–H groups in total. The first-order valence-electron chi connectivity index (χ1n) is 9.86. The molecular weight excluding hydrogens is 336 g/mol. The van der Waals surface area contributed by atoms with Crippen molar-refractivity contribution in [3.05, 3.63) is 65.2 Å². The van der Waals surface area contributed by atoms with E-state index in [4.69, 9.17) is 4.74 Å². The lowest BCUT2D eigenvalue weighted by atomic mass is 9.95. The fourth-order valence-electron chi connectivity index (χ4n) is 3.49. The van der Waals surface area contributed by atoms with Crippen LogP contribution in [0.4, 0.5) is 0 Å². The molecule has 0 saturated carbocycles.